The molecule has 1 aromatic carbocycles. The smallest absolute Gasteiger partial charge is 0.295 e. The number of hydrogen-bond acceptors (Lipinski definition) is 6. The lowest BCUT2D eigenvalue weighted by molar-refractivity contribution is -0.140. The summed E-state index contributed by atoms with van der Waals surface area (Å²) in [5, 5.41) is 11.4. The summed E-state index contributed by atoms with van der Waals surface area (Å²) in [6, 6.07) is 9.07. The van der Waals surface area contributed by atoms with Crippen LogP contribution in [0, 0.1) is 0 Å². The van der Waals surface area contributed by atoms with Gasteiger partial charge in [-0.25, -0.2) is 0 Å². The van der Waals surface area contributed by atoms with E-state index in [0.717, 1.165) is 13.1 Å². The highest BCUT2D eigenvalue weighted by Crippen LogP contribution is 2.39. The fourth-order valence-corrected chi connectivity index (χ4v) is 3.82. The summed E-state index contributed by atoms with van der Waals surface area (Å²) in [6.45, 7) is 3.80. The molecule has 0 unspecified atom stereocenters. The molecule has 4 rings (SSSR count). The molecule has 0 radical (unpaired) electrons. The first-order chi connectivity index (χ1) is 14.1. The summed E-state index contributed by atoms with van der Waals surface area (Å²) >= 11 is 5.92. The van der Waals surface area contributed by atoms with Crippen LogP contribution in [0.1, 0.15) is 17.4 Å². The van der Waals surface area contributed by atoms with Gasteiger partial charge in [0.25, 0.3) is 11.7 Å². The number of carbonyl (C=O) groups is 2. The fourth-order valence-electron chi connectivity index (χ4n) is 3.69. The van der Waals surface area contributed by atoms with E-state index in [-0.39, 0.29) is 11.3 Å². The molecule has 152 valence electrons. The van der Waals surface area contributed by atoms with E-state index >= 15 is 0 Å². The number of rotatable bonds is 5. The van der Waals surface area contributed by atoms with Gasteiger partial charge >= 0.3 is 0 Å². The number of halogens is 1. The minimum Gasteiger partial charge on any atom is -0.507 e. The van der Waals surface area contributed by atoms with Crippen molar-refractivity contribution in [3.05, 3.63) is 64.6 Å². The Morgan fingerprint density at radius 3 is 2.48 bits per heavy atom. The maximum absolute atomic E-state index is 12.8. The van der Waals surface area contributed by atoms with Crippen LogP contribution in [0.5, 0.6) is 0 Å². The third-order valence-electron chi connectivity index (χ3n) is 5.23. The van der Waals surface area contributed by atoms with Crippen molar-refractivity contribution in [1.82, 2.24) is 9.80 Å². The minimum atomic E-state index is -0.776. The second-order valence-corrected chi connectivity index (χ2v) is 7.41. The molecule has 2 aromatic rings. The van der Waals surface area contributed by atoms with Crippen LogP contribution in [-0.4, -0.2) is 66.0 Å². The van der Waals surface area contributed by atoms with Gasteiger partial charge in [0.1, 0.15) is 17.6 Å². The van der Waals surface area contributed by atoms with E-state index in [0.29, 0.717) is 42.6 Å². The molecule has 0 spiro atoms. The zero-order chi connectivity index (χ0) is 20.4. The number of hydrogen-bond donors (Lipinski definition) is 1. The fraction of sp³-hybridized carbons (Fsp3) is 0.333. The Bertz CT molecular complexity index is 917. The van der Waals surface area contributed by atoms with Gasteiger partial charge in [-0.2, -0.15) is 0 Å². The molecule has 2 aliphatic rings. The third kappa shape index (κ3) is 3.94. The summed E-state index contributed by atoms with van der Waals surface area (Å²) in [4.78, 5) is 29.3. The molecule has 2 aliphatic heterocycles. The Morgan fingerprint density at radius 2 is 1.83 bits per heavy atom. The first kappa shape index (κ1) is 19.7. The zero-order valence-corrected chi connectivity index (χ0v) is 16.5. The van der Waals surface area contributed by atoms with Crippen LogP contribution in [0.3, 0.4) is 0 Å². The molecule has 7 nitrogen and oxygen atoms in total. The standard InChI is InChI=1S/C21H21ClN2O5/c22-15-5-3-14(4-6-15)19(25)17-18(16-2-1-11-29-16)24(21(27)20(17)26)8-7-23-9-12-28-13-10-23/h1-6,11,18,25H,7-10,12-13H2/t18-/m0/s1. The number of furan rings is 1. The predicted molar refractivity (Wildman–Crippen MR) is 106 cm³/mol. The third-order valence-corrected chi connectivity index (χ3v) is 5.48. The average Bonchev–Trinajstić information content (AvgIpc) is 3.35. The highest BCUT2D eigenvalue weighted by molar-refractivity contribution is 6.46. The lowest BCUT2D eigenvalue weighted by Gasteiger charge is -2.30. The zero-order valence-electron chi connectivity index (χ0n) is 15.7. The quantitative estimate of drug-likeness (QED) is 0.458. The van der Waals surface area contributed by atoms with Crippen LogP contribution in [0.2, 0.25) is 5.02 Å². The highest BCUT2D eigenvalue weighted by atomic mass is 35.5. The molecule has 0 aliphatic carbocycles. The Hall–Kier alpha value is -2.61. The SMILES string of the molecule is O=C1C(=O)N(CCN2CCOCC2)[C@@H](c2ccco2)C1=C(O)c1ccc(Cl)cc1. The number of nitrogens with zero attached hydrogens (tertiary/aromatic N) is 2. The average molecular weight is 417 g/mol. The lowest BCUT2D eigenvalue weighted by Crippen LogP contribution is -2.42. The predicted octanol–water partition coefficient (Wildman–Crippen LogP) is 2.69. The molecule has 2 saturated heterocycles. The van der Waals surface area contributed by atoms with Gasteiger partial charge in [-0.3, -0.25) is 14.5 Å². The topological polar surface area (TPSA) is 83.2 Å². The number of benzene rings is 1. The molecule has 0 saturated carbocycles. The molecule has 3 heterocycles. The van der Waals surface area contributed by atoms with Crippen LogP contribution in [-0.2, 0) is 14.3 Å². The molecule has 1 aromatic heterocycles. The number of carbonyl (C=O) groups excluding carboxylic acids is 2. The molecular weight excluding hydrogens is 396 g/mol. The normalized spacial score (nSPS) is 22.4. The van der Waals surface area contributed by atoms with Crippen molar-refractivity contribution < 1.29 is 23.8 Å². The maximum atomic E-state index is 12.8. The van der Waals surface area contributed by atoms with E-state index in [1.54, 1.807) is 36.4 Å². The number of ether oxygens (including phenoxy) is 1. The van der Waals surface area contributed by atoms with E-state index < -0.39 is 17.7 Å². The largest absolute Gasteiger partial charge is 0.507 e. The van der Waals surface area contributed by atoms with Gasteiger partial charge in [-0.1, -0.05) is 11.6 Å². The maximum Gasteiger partial charge on any atom is 0.295 e. The van der Waals surface area contributed by atoms with E-state index in [1.165, 1.54) is 11.2 Å². The summed E-state index contributed by atoms with van der Waals surface area (Å²) in [5.41, 5.74) is 0.436. The Kier molecular flexibility index (Phi) is 5.71. The van der Waals surface area contributed by atoms with Crippen molar-refractivity contribution in [1.29, 1.82) is 0 Å². The molecule has 1 amide bonds. The molecule has 0 bridgehead atoms. The number of aliphatic hydroxyl groups is 1. The molecular formula is C21H21ClN2O5. The number of amides is 1. The molecule has 2 fully saturated rings. The second kappa shape index (κ2) is 8.41. The first-order valence-corrected chi connectivity index (χ1v) is 9.82. The van der Waals surface area contributed by atoms with Crippen LogP contribution >= 0.6 is 11.6 Å². The number of aliphatic hydroxyl groups excluding tert-OH is 1. The van der Waals surface area contributed by atoms with E-state index in [4.69, 9.17) is 20.8 Å². The van der Waals surface area contributed by atoms with Gasteiger partial charge in [0.2, 0.25) is 0 Å². The Morgan fingerprint density at radius 1 is 1.10 bits per heavy atom. The number of morpholine rings is 1. The lowest BCUT2D eigenvalue weighted by atomic mass is 9.99. The van der Waals surface area contributed by atoms with Gasteiger partial charge in [-0.15, -0.1) is 0 Å². The van der Waals surface area contributed by atoms with Crippen molar-refractivity contribution >= 4 is 29.1 Å². The second-order valence-electron chi connectivity index (χ2n) is 6.97. The molecule has 1 atom stereocenters. The van der Waals surface area contributed by atoms with Gasteiger partial charge in [0.15, 0.2) is 0 Å². The van der Waals surface area contributed by atoms with Crippen LogP contribution < -0.4 is 0 Å². The summed E-state index contributed by atoms with van der Waals surface area (Å²) < 4.78 is 10.9. The van der Waals surface area contributed by atoms with Crippen molar-refractivity contribution in [2.75, 3.05) is 39.4 Å². The van der Waals surface area contributed by atoms with Crippen molar-refractivity contribution in [3.63, 3.8) is 0 Å². The van der Waals surface area contributed by atoms with Gasteiger partial charge in [-0.05, 0) is 36.4 Å². The van der Waals surface area contributed by atoms with Crippen molar-refractivity contribution in [3.8, 4) is 0 Å². The summed E-state index contributed by atoms with van der Waals surface area (Å²) in [5.74, 6) is -1.17. The highest BCUT2D eigenvalue weighted by Gasteiger charge is 2.47. The summed E-state index contributed by atoms with van der Waals surface area (Å²) in [6.07, 6.45) is 1.49. The van der Waals surface area contributed by atoms with Crippen LogP contribution in [0.4, 0.5) is 0 Å². The van der Waals surface area contributed by atoms with E-state index in [9.17, 15) is 14.7 Å². The Balaban J connectivity index is 1.68. The molecule has 1 N–H and O–H groups in total. The van der Waals surface area contributed by atoms with E-state index in [1.807, 2.05) is 0 Å². The number of likely N-dealkylation sites (tertiary alicyclic amines) is 1. The number of ketones is 1. The van der Waals surface area contributed by atoms with Crippen molar-refractivity contribution in [2.24, 2.45) is 0 Å². The van der Waals surface area contributed by atoms with Gasteiger partial charge < -0.3 is 19.2 Å². The van der Waals surface area contributed by atoms with Crippen molar-refractivity contribution in [2.45, 2.75) is 6.04 Å². The minimum absolute atomic E-state index is 0.0225. The van der Waals surface area contributed by atoms with Crippen LogP contribution in [0.25, 0.3) is 5.76 Å². The monoisotopic (exact) mass is 416 g/mol. The van der Waals surface area contributed by atoms with E-state index in [2.05, 4.69) is 4.90 Å². The first-order valence-electron chi connectivity index (χ1n) is 9.44. The van der Waals surface area contributed by atoms with Gasteiger partial charge in [0, 0.05) is 36.8 Å². The number of Topliss-reactive ketones (excluding diaryl/α,β-unsaturated/α-hetero) is 1. The molecule has 29 heavy (non-hydrogen) atoms. The Labute approximate surface area is 173 Å². The summed E-state index contributed by atoms with van der Waals surface area (Å²) in [7, 11) is 0. The molecule has 8 heteroatoms. The van der Waals surface area contributed by atoms with Crippen LogP contribution in [0.15, 0.2) is 52.7 Å². The van der Waals surface area contributed by atoms with Gasteiger partial charge in [0.05, 0.1) is 25.1 Å².